The van der Waals surface area contributed by atoms with E-state index in [1.807, 2.05) is 0 Å². The molecule has 0 aliphatic carbocycles. The van der Waals surface area contributed by atoms with E-state index in [1.54, 1.807) is 0 Å². The van der Waals surface area contributed by atoms with Gasteiger partial charge in [0.15, 0.2) is 0 Å². The maximum absolute atomic E-state index is 11.9. The molecule has 5 heteroatoms. The fourth-order valence-corrected chi connectivity index (χ4v) is 4.32. The van der Waals surface area contributed by atoms with Crippen molar-refractivity contribution in [3.8, 4) is 0 Å². The first kappa shape index (κ1) is 32.4. The quantitative estimate of drug-likeness (QED) is 0.116. The summed E-state index contributed by atoms with van der Waals surface area (Å²) >= 11 is 0. The number of rotatable bonds is 25. The number of hydrogen-bond donors (Lipinski definition) is 4. The van der Waals surface area contributed by atoms with Gasteiger partial charge in [0.05, 0.1) is 18.8 Å². The third-order valence-electron chi connectivity index (χ3n) is 6.74. The van der Waals surface area contributed by atoms with Gasteiger partial charge in [-0.1, -0.05) is 135 Å². The lowest BCUT2D eigenvalue weighted by atomic mass is 10.0. The first-order chi connectivity index (χ1) is 16.0. The molecule has 0 spiro atoms. The average molecular weight is 472 g/mol. The lowest BCUT2D eigenvalue weighted by molar-refractivity contribution is -0.131. The van der Waals surface area contributed by atoms with E-state index < -0.39 is 24.2 Å². The van der Waals surface area contributed by atoms with Crippen LogP contribution in [0, 0.1) is 0 Å². The Bertz CT molecular complexity index is 417. The normalized spacial score (nSPS) is 14.2. The summed E-state index contributed by atoms with van der Waals surface area (Å²) in [7, 11) is 0. The van der Waals surface area contributed by atoms with E-state index in [0.717, 1.165) is 19.3 Å². The van der Waals surface area contributed by atoms with E-state index >= 15 is 0 Å². The molecule has 0 radical (unpaired) electrons. The predicted octanol–water partition coefficient (Wildman–Crippen LogP) is 6.42. The Morgan fingerprint density at radius 3 is 1.27 bits per heavy atom. The summed E-state index contributed by atoms with van der Waals surface area (Å²) in [5, 5.41) is 31.0. The van der Waals surface area contributed by atoms with Crippen molar-refractivity contribution in [2.24, 2.45) is 0 Å². The van der Waals surface area contributed by atoms with Crippen LogP contribution in [0.3, 0.4) is 0 Å². The molecule has 0 fully saturated rings. The van der Waals surface area contributed by atoms with Gasteiger partial charge in [-0.05, 0) is 13.3 Å². The minimum atomic E-state index is -1.06. The lowest BCUT2D eigenvalue weighted by Gasteiger charge is -2.20. The SMILES string of the molecule is CCCCCCCCCCCCCCCCCCCCCCC(O)C(=O)NC(CO)C(C)O. The number of unbranched alkanes of at least 4 members (excludes halogenated alkanes) is 19. The smallest absolute Gasteiger partial charge is 0.249 e. The summed E-state index contributed by atoms with van der Waals surface area (Å²) in [5.74, 6) is -0.507. The number of aliphatic hydroxyl groups is 3. The fraction of sp³-hybridized carbons (Fsp3) is 0.964. The molecule has 3 atom stereocenters. The highest BCUT2D eigenvalue weighted by Crippen LogP contribution is 2.15. The second kappa shape index (κ2) is 24.5. The number of aliphatic hydroxyl groups excluding tert-OH is 3. The summed E-state index contributed by atoms with van der Waals surface area (Å²) in [6, 6.07) is -0.720. The first-order valence-electron chi connectivity index (χ1n) is 14.3. The molecule has 0 rings (SSSR count). The third-order valence-corrected chi connectivity index (χ3v) is 6.74. The summed E-state index contributed by atoms with van der Waals surface area (Å²) in [4.78, 5) is 11.9. The molecule has 0 aliphatic heterocycles. The summed E-state index contributed by atoms with van der Waals surface area (Å²) < 4.78 is 0. The van der Waals surface area contributed by atoms with Gasteiger partial charge < -0.3 is 20.6 Å². The third kappa shape index (κ3) is 21.6. The van der Waals surface area contributed by atoms with Crippen LogP contribution in [0.4, 0.5) is 0 Å². The highest BCUT2D eigenvalue weighted by Gasteiger charge is 2.21. The van der Waals surface area contributed by atoms with E-state index in [-0.39, 0.29) is 6.61 Å². The zero-order chi connectivity index (χ0) is 24.6. The van der Waals surface area contributed by atoms with Crippen LogP contribution in [0.2, 0.25) is 0 Å². The van der Waals surface area contributed by atoms with Crippen LogP contribution in [-0.4, -0.2) is 46.1 Å². The number of hydrogen-bond acceptors (Lipinski definition) is 4. The van der Waals surface area contributed by atoms with Gasteiger partial charge in [-0.15, -0.1) is 0 Å². The molecular weight excluding hydrogens is 414 g/mol. The molecule has 0 aromatic rings. The van der Waals surface area contributed by atoms with Gasteiger partial charge in [0.1, 0.15) is 6.10 Å². The van der Waals surface area contributed by atoms with Crippen molar-refractivity contribution in [3.63, 3.8) is 0 Å². The lowest BCUT2D eigenvalue weighted by Crippen LogP contribution is -2.48. The van der Waals surface area contributed by atoms with Gasteiger partial charge >= 0.3 is 0 Å². The molecule has 5 nitrogen and oxygen atoms in total. The molecule has 33 heavy (non-hydrogen) atoms. The summed E-state index contributed by atoms with van der Waals surface area (Å²) in [6.45, 7) is 3.45. The first-order valence-corrected chi connectivity index (χ1v) is 14.3. The molecule has 3 unspecified atom stereocenters. The van der Waals surface area contributed by atoms with Crippen LogP contribution in [0.5, 0.6) is 0 Å². The molecular formula is C28H57NO4. The van der Waals surface area contributed by atoms with Crippen molar-refractivity contribution < 1.29 is 20.1 Å². The van der Waals surface area contributed by atoms with Crippen LogP contribution in [0.25, 0.3) is 0 Å². The fourth-order valence-electron chi connectivity index (χ4n) is 4.32. The largest absolute Gasteiger partial charge is 0.394 e. The highest BCUT2D eigenvalue weighted by atomic mass is 16.3. The van der Waals surface area contributed by atoms with Crippen molar-refractivity contribution in [2.45, 2.75) is 167 Å². The molecule has 0 saturated heterocycles. The Morgan fingerprint density at radius 2 is 0.970 bits per heavy atom. The summed E-state index contributed by atoms with van der Waals surface area (Å²) in [5.41, 5.74) is 0. The Balaban J connectivity index is 3.30. The van der Waals surface area contributed by atoms with Crippen LogP contribution in [0.1, 0.15) is 149 Å². The number of carbonyl (C=O) groups is 1. The minimum absolute atomic E-state index is 0.338. The zero-order valence-corrected chi connectivity index (χ0v) is 22.0. The van der Waals surface area contributed by atoms with Crippen molar-refractivity contribution in [1.29, 1.82) is 0 Å². The molecule has 4 N–H and O–H groups in total. The van der Waals surface area contributed by atoms with Crippen molar-refractivity contribution in [3.05, 3.63) is 0 Å². The average Bonchev–Trinajstić information content (AvgIpc) is 2.80. The number of nitrogens with one attached hydrogen (secondary N) is 1. The number of carbonyl (C=O) groups excluding carboxylic acids is 1. The second-order valence-corrected chi connectivity index (χ2v) is 10.1. The van der Waals surface area contributed by atoms with Gasteiger partial charge in [-0.3, -0.25) is 4.79 Å². The number of amides is 1. The van der Waals surface area contributed by atoms with Gasteiger partial charge in [0, 0.05) is 0 Å². The Hall–Kier alpha value is -0.650. The molecule has 0 aromatic carbocycles. The second-order valence-electron chi connectivity index (χ2n) is 10.1. The Labute approximate surface area is 205 Å². The van der Waals surface area contributed by atoms with Crippen molar-refractivity contribution in [1.82, 2.24) is 5.32 Å². The van der Waals surface area contributed by atoms with Gasteiger partial charge in [0.25, 0.3) is 0 Å². The summed E-state index contributed by atoms with van der Waals surface area (Å²) in [6.07, 6.45) is 25.1. The monoisotopic (exact) mass is 471 g/mol. The maximum atomic E-state index is 11.9. The van der Waals surface area contributed by atoms with Crippen molar-refractivity contribution in [2.75, 3.05) is 6.61 Å². The minimum Gasteiger partial charge on any atom is -0.394 e. The molecule has 0 saturated carbocycles. The van der Waals surface area contributed by atoms with Gasteiger partial charge in [0.2, 0.25) is 5.91 Å². The van der Waals surface area contributed by atoms with Gasteiger partial charge in [-0.25, -0.2) is 0 Å². The Morgan fingerprint density at radius 1 is 0.636 bits per heavy atom. The maximum Gasteiger partial charge on any atom is 0.249 e. The molecule has 1 amide bonds. The highest BCUT2D eigenvalue weighted by molar-refractivity contribution is 5.80. The molecule has 0 aromatic heterocycles. The molecule has 0 heterocycles. The topological polar surface area (TPSA) is 89.8 Å². The zero-order valence-electron chi connectivity index (χ0n) is 22.0. The molecule has 198 valence electrons. The Kier molecular flexibility index (Phi) is 24.0. The predicted molar refractivity (Wildman–Crippen MR) is 139 cm³/mol. The van der Waals surface area contributed by atoms with Crippen LogP contribution >= 0.6 is 0 Å². The molecule has 0 bridgehead atoms. The van der Waals surface area contributed by atoms with Crippen LogP contribution in [0.15, 0.2) is 0 Å². The standard InChI is InChI=1S/C28H57NO4/c1-3-4-5-6-7-8-9-10-11-12-13-14-15-16-17-18-19-20-21-22-23-27(32)28(33)29-26(24-30)25(2)31/h25-27,30-32H,3-24H2,1-2H3,(H,29,33). The van der Waals surface area contributed by atoms with E-state index in [1.165, 1.54) is 116 Å². The van der Waals surface area contributed by atoms with E-state index in [0.29, 0.717) is 6.42 Å². The van der Waals surface area contributed by atoms with Gasteiger partial charge in [-0.2, -0.15) is 0 Å². The molecule has 0 aliphatic rings. The van der Waals surface area contributed by atoms with E-state index in [2.05, 4.69) is 12.2 Å². The van der Waals surface area contributed by atoms with Crippen molar-refractivity contribution >= 4 is 5.91 Å². The van der Waals surface area contributed by atoms with Crippen LogP contribution < -0.4 is 5.32 Å². The van der Waals surface area contributed by atoms with E-state index in [9.17, 15) is 15.0 Å². The van der Waals surface area contributed by atoms with E-state index in [4.69, 9.17) is 5.11 Å². The van der Waals surface area contributed by atoms with Crippen LogP contribution in [-0.2, 0) is 4.79 Å².